The van der Waals surface area contributed by atoms with Crippen LogP contribution >= 0.6 is 0 Å². The van der Waals surface area contributed by atoms with Gasteiger partial charge >= 0.3 is 0 Å². The zero-order valence-corrected chi connectivity index (χ0v) is 17.3. The predicted molar refractivity (Wildman–Crippen MR) is 122 cm³/mol. The van der Waals surface area contributed by atoms with Crippen molar-refractivity contribution in [2.45, 2.75) is 13.5 Å². The second-order valence-electron chi connectivity index (χ2n) is 7.95. The van der Waals surface area contributed by atoms with Gasteiger partial charge in [-0.05, 0) is 24.1 Å². The average molecular weight is 393 g/mol. The van der Waals surface area contributed by atoms with Crippen LogP contribution in [0.25, 0.3) is 16.5 Å². The van der Waals surface area contributed by atoms with E-state index in [1.807, 2.05) is 35.2 Å². The molecule has 0 saturated carbocycles. The van der Waals surface area contributed by atoms with Gasteiger partial charge in [0.15, 0.2) is 0 Å². The average Bonchev–Trinajstić information content (AvgIpc) is 2.98. The highest BCUT2D eigenvalue weighted by Crippen LogP contribution is 2.36. The Morgan fingerprint density at radius 3 is 2.33 bits per heavy atom. The Hall–Kier alpha value is -3.59. The third-order valence-electron chi connectivity index (χ3n) is 5.96. The van der Waals surface area contributed by atoms with Gasteiger partial charge in [-0.1, -0.05) is 84.4 Å². The Labute approximate surface area is 176 Å². The van der Waals surface area contributed by atoms with E-state index in [4.69, 9.17) is 0 Å². The molecule has 3 heteroatoms. The molecule has 30 heavy (non-hydrogen) atoms. The van der Waals surface area contributed by atoms with Crippen molar-refractivity contribution in [2.75, 3.05) is 6.54 Å². The van der Waals surface area contributed by atoms with Gasteiger partial charge in [-0.25, -0.2) is 0 Å². The van der Waals surface area contributed by atoms with E-state index >= 15 is 0 Å². The Morgan fingerprint density at radius 2 is 1.57 bits per heavy atom. The monoisotopic (exact) mass is 392 g/mol. The van der Waals surface area contributed by atoms with Crippen LogP contribution < -0.4 is 0 Å². The lowest BCUT2D eigenvalue weighted by molar-refractivity contribution is 0.0766. The number of benzene rings is 3. The lowest BCUT2D eigenvalue weighted by Crippen LogP contribution is -2.30. The Kier molecular flexibility index (Phi) is 4.51. The second-order valence-corrected chi connectivity index (χ2v) is 7.95. The summed E-state index contributed by atoms with van der Waals surface area (Å²) in [6, 6.07) is 27.0. The quantitative estimate of drug-likeness (QED) is 0.447. The summed E-state index contributed by atoms with van der Waals surface area (Å²) in [4.78, 5) is 15.7. The minimum atomic E-state index is 0.0871. The van der Waals surface area contributed by atoms with Gasteiger partial charge in [-0.15, -0.1) is 0 Å². The fraction of sp³-hybridized carbons (Fsp3) is 0.148. The molecule has 148 valence electrons. The number of hydrogen-bond donors (Lipinski definition) is 0. The van der Waals surface area contributed by atoms with E-state index in [0.29, 0.717) is 13.1 Å². The number of aryl methyl sites for hydroxylation is 2. The molecule has 1 aliphatic heterocycles. The standard InChI is InChI=1S/C27H24N2O/c1-19-12-14-21(15-13-19)22-16-17-29(18-20-8-4-3-5-9-20)27(30)25-23-10-6-7-11-24(23)28(2)26(22)25/h3-16H,17-18H2,1-2H3. The van der Waals surface area contributed by atoms with Gasteiger partial charge in [-0.3, -0.25) is 4.79 Å². The smallest absolute Gasteiger partial charge is 0.257 e. The Bertz CT molecular complexity index is 1260. The van der Waals surface area contributed by atoms with Gasteiger partial charge in [0.1, 0.15) is 0 Å². The summed E-state index contributed by atoms with van der Waals surface area (Å²) in [5.41, 5.74) is 7.51. The molecule has 0 unspecified atom stereocenters. The number of hydrogen-bond acceptors (Lipinski definition) is 1. The molecule has 1 aliphatic rings. The largest absolute Gasteiger partial charge is 0.343 e. The maximum absolute atomic E-state index is 13.8. The lowest BCUT2D eigenvalue weighted by atomic mass is 9.98. The van der Waals surface area contributed by atoms with Gasteiger partial charge in [0.05, 0.1) is 11.3 Å². The van der Waals surface area contributed by atoms with Gasteiger partial charge in [0.2, 0.25) is 0 Å². The van der Waals surface area contributed by atoms with Crippen molar-refractivity contribution in [3.63, 3.8) is 0 Å². The number of amides is 1. The van der Waals surface area contributed by atoms with Crippen molar-refractivity contribution in [3.8, 4) is 0 Å². The zero-order chi connectivity index (χ0) is 20.7. The molecular weight excluding hydrogens is 368 g/mol. The molecule has 0 radical (unpaired) electrons. The van der Waals surface area contributed by atoms with Crippen LogP contribution in [0.15, 0.2) is 84.9 Å². The summed E-state index contributed by atoms with van der Waals surface area (Å²) in [5, 5.41) is 1.01. The molecule has 4 aromatic rings. The topological polar surface area (TPSA) is 25.2 Å². The molecule has 0 atom stereocenters. The van der Waals surface area contributed by atoms with Crippen molar-refractivity contribution in [1.29, 1.82) is 0 Å². The maximum atomic E-state index is 13.8. The molecule has 3 aromatic carbocycles. The van der Waals surface area contributed by atoms with E-state index in [2.05, 4.69) is 73.1 Å². The predicted octanol–water partition coefficient (Wildman–Crippen LogP) is 5.57. The molecule has 2 heterocycles. The summed E-state index contributed by atoms with van der Waals surface area (Å²) < 4.78 is 2.17. The number of fused-ring (bicyclic) bond motifs is 3. The SMILES string of the molecule is Cc1ccc(C2=CCN(Cc3ccccc3)C(=O)c3c2n(C)c2ccccc32)cc1. The molecule has 1 aromatic heterocycles. The van der Waals surface area contributed by atoms with E-state index in [-0.39, 0.29) is 5.91 Å². The fourth-order valence-corrected chi connectivity index (χ4v) is 4.39. The molecule has 0 saturated heterocycles. The van der Waals surface area contributed by atoms with Crippen molar-refractivity contribution in [3.05, 3.63) is 113 Å². The first-order valence-corrected chi connectivity index (χ1v) is 10.3. The number of para-hydroxylation sites is 1. The van der Waals surface area contributed by atoms with Crippen LogP contribution in [0.5, 0.6) is 0 Å². The first kappa shape index (κ1) is 18.4. The summed E-state index contributed by atoms with van der Waals surface area (Å²) in [6.45, 7) is 3.28. The first-order chi connectivity index (χ1) is 14.6. The number of nitrogens with zero attached hydrogens (tertiary/aromatic N) is 2. The first-order valence-electron chi connectivity index (χ1n) is 10.3. The normalized spacial score (nSPS) is 13.9. The van der Waals surface area contributed by atoms with Gasteiger partial charge < -0.3 is 9.47 Å². The summed E-state index contributed by atoms with van der Waals surface area (Å²) in [7, 11) is 2.06. The molecule has 0 N–H and O–H groups in total. The summed E-state index contributed by atoms with van der Waals surface area (Å²) in [6.07, 6.45) is 2.20. The van der Waals surface area contributed by atoms with Crippen LogP contribution in [0.1, 0.15) is 32.7 Å². The Balaban J connectivity index is 1.71. The van der Waals surface area contributed by atoms with Crippen LogP contribution in [0.3, 0.4) is 0 Å². The van der Waals surface area contributed by atoms with Crippen molar-refractivity contribution in [1.82, 2.24) is 9.47 Å². The highest BCUT2D eigenvalue weighted by Gasteiger charge is 2.30. The molecular formula is C27H24N2O. The van der Waals surface area contributed by atoms with Gasteiger partial charge in [-0.2, -0.15) is 0 Å². The summed E-state index contributed by atoms with van der Waals surface area (Å²) >= 11 is 0. The van der Waals surface area contributed by atoms with Crippen LogP contribution in [-0.4, -0.2) is 21.9 Å². The fourth-order valence-electron chi connectivity index (χ4n) is 4.39. The molecule has 0 spiro atoms. The van der Waals surface area contributed by atoms with Crippen LogP contribution in [0, 0.1) is 6.92 Å². The van der Waals surface area contributed by atoms with Crippen molar-refractivity contribution in [2.24, 2.45) is 7.05 Å². The molecule has 3 nitrogen and oxygen atoms in total. The second kappa shape index (κ2) is 7.34. The molecule has 0 aliphatic carbocycles. The van der Waals surface area contributed by atoms with Crippen LogP contribution in [0.2, 0.25) is 0 Å². The number of aromatic nitrogens is 1. The van der Waals surface area contributed by atoms with Crippen LogP contribution in [-0.2, 0) is 13.6 Å². The van der Waals surface area contributed by atoms with Gasteiger partial charge in [0.25, 0.3) is 5.91 Å². The maximum Gasteiger partial charge on any atom is 0.257 e. The summed E-state index contributed by atoms with van der Waals surface area (Å²) in [5.74, 6) is 0.0871. The molecule has 0 bridgehead atoms. The highest BCUT2D eigenvalue weighted by molar-refractivity contribution is 6.13. The van der Waals surface area contributed by atoms with E-state index < -0.39 is 0 Å². The number of carbonyl (C=O) groups excluding carboxylic acids is 1. The van der Waals surface area contributed by atoms with Crippen LogP contribution in [0.4, 0.5) is 0 Å². The van der Waals surface area contributed by atoms with E-state index in [1.54, 1.807) is 0 Å². The lowest BCUT2D eigenvalue weighted by Gasteiger charge is -2.20. The third kappa shape index (κ3) is 3.03. The van der Waals surface area contributed by atoms with E-state index in [0.717, 1.165) is 38.9 Å². The Morgan fingerprint density at radius 1 is 0.867 bits per heavy atom. The third-order valence-corrected chi connectivity index (χ3v) is 5.96. The minimum absolute atomic E-state index is 0.0871. The van der Waals surface area contributed by atoms with E-state index in [1.165, 1.54) is 5.56 Å². The van der Waals surface area contributed by atoms with Crippen molar-refractivity contribution >= 4 is 22.4 Å². The molecule has 1 amide bonds. The van der Waals surface area contributed by atoms with Crippen molar-refractivity contribution < 1.29 is 4.79 Å². The number of carbonyl (C=O) groups is 1. The highest BCUT2D eigenvalue weighted by atomic mass is 16.2. The number of rotatable bonds is 3. The van der Waals surface area contributed by atoms with E-state index in [9.17, 15) is 4.79 Å². The molecule has 5 rings (SSSR count). The zero-order valence-electron chi connectivity index (χ0n) is 17.3. The molecule has 0 fully saturated rings. The minimum Gasteiger partial charge on any atom is -0.343 e. The van der Waals surface area contributed by atoms with Gasteiger partial charge in [0, 0.05) is 36.6 Å².